The SMILES string of the molecule is O=C(CN1CCN(c2ccc(Cl)cc2)CC1)Nc1cccc2nonc12. The summed E-state index contributed by atoms with van der Waals surface area (Å²) >= 11 is 5.94. The summed E-state index contributed by atoms with van der Waals surface area (Å²) in [4.78, 5) is 16.8. The maximum absolute atomic E-state index is 12.4. The normalized spacial score (nSPS) is 15.3. The smallest absolute Gasteiger partial charge is 0.238 e. The molecule has 0 atom stereocenters. The van der Waals surface area contributed by atoms with Crippen LogP contribution in [0.3, 0.4) is 0 Å². The van der Waals surface area contributed by atoms with Gasteiger partial charge in [0.05, 0.1) is 12.2 Å². The minimum atomic E-state index is -0.0690. The highest BCUT2D eigenvalue weighted by molar-refractivity contribution is 6.30. The van der Waals surface area contributed by atoms with Crippen molar-refractivity contribution in [1.82, 2.24) is 15.2 Å². The van der Waals surface area contributed by atoms with Gasteiger partial charge in [-0.25, -0.2) is 4.63 Å². The van der Waals surface area contributed by atoms with Gasteiger partial charge in [-0.3, -0.25) is 9.69 Å². The first kappa shape index (κ1) is 16.8. The first-order chi connectivity index (χ1) is 12.7. The fourth-order valence-electron chi connectivity index (χ4n) is 3.12. The highest BCUT2D eigenvalue weighted by atomic mass is 35.5. The molecule has 3 aromatic rings. The van der Waals surface area contributed by atoms with Gasteiger partial charge in [0.25, 0.3) is 0 Å². The van der Waals surface area contributed by atoms with Crippen molar-refractivity contribution in [3.63, 3.8) is 0 Å². The summed E-state index contributed by atoms with van der Waals surface area (Å²) in [5, 5.41) is 11.3. The molecule has 1 aliphatic heterocycles. The number of carbonyl (C=O) groups is 1. The van der Waals surface area contributed by atoms with E-state index < -0.39 is 0 Å². The summed E-state index contributed by atoms with van der Waals surface area (Å²) in [6.45, 7) is 3.74. The van der Waals surface area contributed by atoms with Gasteiger partial charge in [-0.15, -0.1) is 0 Å². The third-order valence-electron chi connectivity index (χ3n) is 4.49. The molecule has 1 saturated heterocycles. The number of hydrogen-bond acceptors (Lipinski definition) is 6. The zero-order valence-corrected chi connectivity index (χ0v) is 14.8. The van der Waals surface area contributed by atoms with Gasteiger partial charge >= 0.3 is 0 Å². The lowest BCUT2D eigenvalue weighted by Gasteiger charge is -2.35. The van der Waals surface area contributed by atoms with Crippen LogP contribution in [0.2, 0.25) is 5.02 Å². The van der Waals surface area contributed by atoms with Crippen molar-refractivity contribution >= 4 is 39.9 Å². The van der Waals surface area contributed by atoms with E-state index >= 15 is 0 Å². The lowest BCUT2D eigenvalue weighted by Crippen LogP contribution is -2.48. The van der Waals surface area contributed by atoms with Crippen LogP contribution in [0.15, 0.2) is 47.1 Å². The summed E-state index contributed by atoms with van der Waals surface area (Å²) in [5.41, 5.74) is 2.96. The number of fused-ring (bicyclic) bond motifs is 1. The maximum atomic E-state index is 12.4. The highest BCUT2D eigenvalue weighted by Crippen LogP contribution is 2.21. The number of benzene rings is 2. The molecule has 7 nitrogen and oxygen atoms in total. The van der Waals surface area contributed by atoms with Crippen molar-refractivity contribution in [1.29, 1.82) is 0 Å². The van der Waals surface area contributed by atoms with E-state index in [0.717, 1.165) is 36.9 Å². The molecule has 2 aromatic carbocycles. The largest absolute Gasteiger partial charge is 0.369 e. The van der Waals surface area contributed by atoms with E-state index in [4.69, 9.17) is 16.2 Å². The fourth-order valence-corrected chi connectivity index (χ4v) is 3.24. The van der Waals surface area contributed by atoms with Gasteiger partial charge < -0.3 is 10.2 Å². The molecule has 4 rings (SSSR count). The van der Waals surface area contributed by atoms with E-state index in [9.17, 15) is 4.79 Å². The predicted octanol–water partition coefficient (Wildman–Crippen LogP) is 2.64. The molecule has 134 valence electrons. The monoisotopic (exact) mass is 371 g/mol. The van der Waals surface area contributed by atoms with Gasteiger partial charge in [0.2, 0.25) is 5.91 Å². The van der Waals surface area contributed by atoms with Crippen LogP contribution in [0.1, 0.15) is 0 Å². The van der Waals surface area contributed by atoms with Gasteiger partial charge in [0, 0.05) is 36.9 Å². The summed E-state index contributed by atoms with van der Waals surface area (Å²) in [6.07, 6.45) is 0. The molecule has 1 aliphatic rings. The predicted molar refractivity (Wildman–Crippen MR) is 101 cm³/mol. The lowest BCUT2D eigenvalue weighted by atomic mass is 10.2. The Hall–Kier alpha value is -2.64. The second-order valence-corrected chi connectivity index (χ2v) is 6.66. The molecular formula is C18H18ClN5O2. The van der Waals surface area contributed by atoms with Crippen LogP contribution in [0, 0.1) is 0 Å². The molecule has 2 heterocycles. The Kier molecular flexibility index (Phi) is 4.73. The van der Waals surface area contributed by atoms with E-state index in [1.807, 2.05) is 30.3 Å². The summed E-state index contributed by atoms with van der Waals surface area (Å²) in [7, 11) is 0. The number of piperazine rings is 1. The second kappa shape index (κ2) is 7.31. The van der Waals surface area contributed by atoms with Crippen LogP contribution in [-0.2, 0) is 4.79 Å². The van der Waals surface area contributed by atoms with E-state index in [0.29, 0.717) is 23.3 Å². The van der Waals surface area contributed by atoms with Crippen LogP contribution < -0.4 is 10.2 Å². The molecule has 0 spiro atoms. The Balaban J connectivity index is 1.32. The molecule has 1 N–H and O–H groups in total. The zero-order valence-electron chi connectivity index (χ0n) is 14.1. The Morgan fingerprint density at radius 3 is 2.62 bits per heavy atom. The van der Waals surface area contributed by atoms with Gasteiger partial charge in [-0.05, 0) is 46.7 Å². The average Bonchev–Trinajstić information content (AvgIpc) is 3.13. The molecule has 0 saturated carbocycles. The van der Waals surface area contributed by atoms with Crippen molar-refractivity contribution in [2.24, 2.45) is 0 Å². The van der Waals surface area contributed by atoms with E-state index in [1.54, 1.807) is 12.1 Å². The van der Waals surface area contributed by atoms with Crippen molar-refractivity contribution in [3.8, 4) is 0 Å². The quantitative estimate of drug-likeness (QED) is 0.760. The van der Waals surface area contributed by atoms with E-state index in [1.165, 1.54) is 0 Å². The number of hydrogen-bond donors (Lipinski definition) is 1. The van der Waals surface area contributed by atoms with Crippen LogP contribution >= 0.6 is 11.6 Å². The van der Waals surface area contributed by atoms with Crippen molar-refractivity contribution < 1.29 is 9.42 Å². The standard InChI is InChI=1S/C18H18ClN5O2/c19-13-4-6-14(7-5-13)24-10-8-23(9-11-24)12-17(25)20-15-2-1-3-16-18(15)22-26-21-16/h1-7H,8-12H2,(H,20,25). The number of nitrogens with zero attached hydrogens (tertiary/aromatic N) is 4. The molecule has 1 aromatic heterocycles. The van der Waals surface area contributed by atoms with Gasteiger partial charge in [-0.2, -0.15) is 0 Å². The van der Waals surface area contributed by atoms with Crippen LogP contribution in [0.4, 0.5) is 11.4 Å². The van der Waals surface area contributed by atoms with Crippen LogP contribution in [-0.4, -0.2) is 53.8 Å². The van der Waals surface area contributed by atoms with Gasteiger partial charge in [0.1, 0.15) is 5.52 Å². The first-order valence-corrected chi connectivity index (χ1v) is 8.81. The molecule has 0 aliphatic carbocycles. The fraction of sp³-hybridized carbons (Fsp3) is 0.278. The lowest BCUT2D eigenvalue weighted by molar-refractivity contribution is -0.117. The third-order valence-corrected chi connectivity index (χ3v) is 4.74. The summed E-state index contributed by atoms with van der Waals surface area (Å²) < 4.78 is 4.72. The molecule has 0 bridgehead atoms. The Morgan fingerprint density at radius 2 is 1.85 bits per heavy atom. The average molecular weight is 372 g/mol. The van der Waals surface area contributed by atoms with E-state index in [2.05, 4.69) is 25.4 Å². The van der Waals surface area contributed by atoms with Crippen molar-refractivity contribution in [3.05, 3.63) is 47.5 Å². The topological polar surface area (TPSA) is 74.5 Å². The minimum Gasteiger partial charge on any atom is -0.369 e. The molecule has 1 fully saturated rings. The second-order valence-electron chi connectivity index (χ2n) is 6.23. The number of nitrogens with one attached hydrogen (secondary N) is 1. The van der Waals surface area contributed by atoms with Gasteiger partial charge in [-0.1, -0.05) is 17.7 Å². The number of halogens is 1. The summed E-state index contributed by atoms with van der Waals surface area (Å²) in [5.74, 6) is -0.0690. The van der Waals surface area contributed by atoms with Gasteiger partial charge in [0.15, 0.2) is 5.52 Å². The molecule has 1 amide bonds. The first-order valence-electron chi connectivity index (χ1n) is 8.43. The Labute approximate surface area is 155 Å². The number of rotatable bonds is 4. The zero-order chi connectivity index (χ0) is 17.9. The highest BCUT2D eigenvalue weighted by Gasteiger charge is 2.20. The molecule has 0 unspecified atom stereocenters. The van der Waals surface area contributed by atoms with Crippen LogP contribution in [0.5, 0.6) is 0 Å². The Bertz CT molecular complexity index is 903. The molecule has 8 heteroatoms. The van der Waals surface area contributed by atoms with Crippen LogP contribution in [0.25, 0.3) is 11.0 Å². The van der Waals surface area contributed by atoms with E-state index in [-0.39, 0.29) is 5.91 Å². The number of amides is 1. The molecule has 0 radical (unpaired) electrons. The minimum absolute atomic E-state index is 0.0690. The van der Waals surface area contributed by atoms with Crippen molar-refractivity contribution in [2.75, 3.05) is 42.9 Å². The maximum Gasteiger partial charge on any atom is 0.238 e. The summed E-state index contributed by atoms with van der Waals surface area (Å²) in [6, 6.07) is 13.2. The molecular weight excluding hydrogens is 354 g/mol. The third kappa shape index (κ3) is 3.63. The number of aromatic nitrogens is 2. The number of anilines is 2. The Morgan fingerprint density at radius 1 is 1.08 bits per heavy atom. The number of carbonyl (C=O) groups excluding carboxylic acids is 1. The van der Waals surface area contributed by atoms with Crippen molar-refractivity contribution in [2.45, 2.75) is 0 Å². The molecule has 26 heavy (non-hydrogen) atoms.